The second kappa shape index (κ2) is 10.1. The largest absolute Gasteiger partial charge is 0.507 e. The lowest BCUT2D eigenvalue weighted by molar-refractivity contribution is 0.0748. The topological polar surface area (TPSA) is 81.7 Å². The van der Waals surface area contributed by atoms with E-state index in [9.17, 15) is 9.90 Å². The number of rotatable bonds is 8. The number of aryl methyl sites for hydroxylation is 1. The van der Waals surface area contributed by atoms with Gasteiger partial charge in [-0.1, -0.05) is 25.8 Å². The highest BCUT2D eigenvalue weighted by Crippen LogP contribution is 2.32. The molecule has 7 heteroatoms. The number of piperidine rings is 1. The molecule has 3 heterocycles. The van der Waals surface area contributed by atoms with E-state index in [1.165, 1.54) is 32.4 Å². The van der Waals surface area contributed by atoms with Crippen LogP contribution < -0.4 is 4.74 Å². The molecule has 5 rings (SSSR count). The minimum Gasteiger partial charge on any atom is -0.507 e. The van der Waals surface area contributed by atoms with Crippen LogP contribution in [0.3, 0.4) is 0 Å². The lowest BCUT2D eigenvalue weighted by Crippen LogP contribution is -2.33. The van der Waals surface area contributed by atoms with Gasteiger partial charge >= 0.3 is 0 Å². The maximum absolute atomic E-state index is 13.4. The zero-order valence-electron chi connectivity index (χ0n) is 20.0. The number of fused-ring (bicyclic) bond motifs is 2. The lowest BCUT2D eigenvalue weighted by atomic mass is 10.1. The average Bonchev–Trinajstić information content (AvgIpc) is 3.45. The first kappa shape index (κ1) is 22.7. The van der Waals surface area contributed by atoms with Crippen LogP contribution >= 0.6 is 0 Å². The number of H-pyrrole nitrogens is 1. The number of nitrogens with zero attached hydrogens (tertiary/aromatic N) is 3. The van der Waals surface area contributed by atoms with Crippen LogP contribution in [-0.2, 0) is 19.5 Å². The highest BCUT2D eigenvalue weighted by atomic mass is 16.5. The minimum absolute atomic E-state index is 0.0131. The third-order valence-electron chi connectivity index (χ3n) is 7.07. The highest BCUT2D eigenvalue weighted by Gasteiger charge is 2.27. The molecule has 1 saturated heterocycles. The average molecular weight is 463 g/mol. The third kappa shape index (κ3) is 4.75. The highest BCUT2D eigenvalue weighted by molar-refractivity contribution is 6.01. The Labute approximate surface area is 200 Å². The van der Waals surface area contributed by atoms with E-state index in [4.69, 9.17) is 4.74 Å². The number of hydrogen-bond donors (Lipinski definition) is 2. The Kier molecular flexibility index (Phi) is 6.72. The summed E-state index contributed by atoms with van der Waals surface area (Å²) in [5, 5.41) is 18.9. The van der Waals surface area contributed by atoms with Gasteiger partial charge in [-0.15, -0.1) is 0 Å². The number of hydrogen-bond acceptors (Lipinski definition) is 5. The molecule has 1 amide bonds. The number of phenols is 1. The first-order valence-corrected chi connectivity index (χ1v) is 12.6. The predicted octanol–water partition coefficient (Wildman–Crippen LogP) is 4.63. The fraction of sp³-hybridized carbons (Fsp3) is 0.481. The summed E-state index contributed by atoms with van der Waals surface area (Å²) in [6, 6.07) is 9.52. The van der Waals surface area contributed by atoms with Crippen LogP contribution in [0.15, 0.2) is 30.3 Å². The van der Waals surface area contributed by atoms with Gasteiger partial charge in [0, 0.05) is 31.1 Å². The number of aromatic nitrogens is 2. The van der Waals surface area contributed by atoms with Crippen molar-refractivity contribution < 1.29 is 14.6 Å². The number of carbonyl (C=O) groups is 1. The quantitative estimate of drug-likeness (QED) is 0.510. The molecule has 2 aromatic carbocycles. The number of benzene rings is 2. The summed E-state index contributed by atoms with van der Waals surface area (Å²) < 4.78 is 6.02. The molecule has 7 nitrogen and oxygen atoms in total. The Morgan fingerprint density at radius 3 is 2.76 bits per heavy atom. The zero-order valence-corrected chi connectivity index (χ0v) is 20.0. The van der Waals surface area contributed by atoms with Gasteiger partial charge in [0.15, 0.2) is 0 Å². The van der Waals surface area contributed by atoms with Crippen molar-refractivity contribution in [1.29, 1.82) is 0 Å². The van der Waals surface area contributed by atoms with Gasteiger partial charge in [0.2, 0.25) is 0 Å². The van der Waals surface area contributed by atoms with E-state index < -0.39 is 0 Å². The van der Waals surface area contributed by atoms with Gasteiger partial charge in [-0.2, -0.15) is 5.10 Å². The molecular formula is C27H34N4O3. The molecule has 1 fully saturated rings. The molecule has 2 N–H and O–H groups in total. The molecule has 1 aromatic heterocycles. The van der Waals surface area contributed by atoms with E-state index in [0.717, 1.165) is 59.3 Å². The second-order valence-corrected chi connectivity index (χ2v) is 9.53. The van der Waals surface area contributed by atoms with Gasteiger partial charge < -0.3 is 14.7 Å². The van der Waals surface area contributed by atoms with Gasteiger partial charge in [0.25, 0.3) is 5.91 Å². The molecule has 0 atom stereocenters. The van der Waals surface area contributed by atoms with Crippen molar-refractivity contribution in [3.63, 3.8) is 0 Å². The number of aromatic hydroxyl groups is 1. The van der Waals surface area contributed by atoms with Gasteiger partial charge in [-0.3, -0.25) is 14.8 Å². The number of ether oxygens (including phenoxy) is 1. The lowest BCUT2D eigenvalue weighted by Gasteiger charge is -2.26. The molecule has 2 aliphatic heterocycles. The summed E-state index contributed by atoms with van der Waals surface area (Å²) in [7, 11) is 0. The Morgan fingerprint density at radius 2 is 1.94 bits per heavy atom. The summed E-state index contributed by atoms with van der Waals surface area (Å²) >= 11 is 0. The van der Waals surface area contributed by atoms with E-state index in [2.05, 4.69) is 34.2 Å². The van der Waals surface area contributed by atoms with Crippen LogP contribution in [0.2, 0.25) is 0 Å². The molecule has 0 radical (unpaired) electrons. The predicted molar refractivity (Wildman–Crippen MR) is 132 cm³/mol. The van der Waals surface area contributed by atoms with Crippen molar-refractivity contribution in [2.45, 2.75) is 58.5 Å². The molecule has 0 bridgehead atoms. The van der Waals surface area contributed by atoms with Crippen molar-refractivity contribution in [3.05, 3.63) is 52.7 Å². The van der Waals surface area contributed by atoms with E-state index in [1.54, 1.807) is 17.0 Å². The van der Waals surface area contributed by atoms with E-state index in [-0.39, 0.29) is 11.7 Å². The van der Waals surface area contributed by atoms with Crippen LogP contribution in [0.25, 0.3) is 10.9 Å². The minimum atomic E-state index is -0.161. The van der Waals surface area contributed by atoms with Crippen LogP contribution in [0, 0.1) is 0 Å². The van der Waals surface area contributed by atoms with Crippen molar-refractivity contribution >= 4 is 16.8 Å². The molecule has 180 valence electrons. The van der Waals surface area contributed by atoms with Gasteiger partial charge in [0.1, 0.15) is 18.1 Å². The summed E-state index contributed by atoms with van der Waals surface area (Å²) in [4.78, 5) is 17.6. The maximum atomic E-state index is 13.4. The molecule has 0 unspecified atom stereocenters. The van der Waals surface area contributed by atoms with Crippen molar-refractivity contribution in [3.8, 4) is 11.5 Å². The van der Waals surface area contributed by atoms with Crippen molar-refractivity contribution in [2.75, 3.05) is 26.2 Å². The Bertz CT molecular complexity index is 1170. The molecule has 0 spiro atoms. The van der Waals surface area contributed by atoms with Gasteiger partial charge in [-0.25, -0.2) is 0 Å². The number of unbranched alkanes of at least 4 members (excludes halogenated alkanes) is 1. The standard InChI is InChI=1S/C27H34N4O3/c1-2-3-7-24-22-15-23(26(32)16-25(22)29-28-24)27(33)31-17-19-8-9-21(14-20(19)18-31)34-13-12-30-10-5-4-6-11-30/h8-9,14-16,32H,2-7,10-13,17-18H2,1H3,(H,28,29). The number of phenolic OH excluding ortho intramolecular Hbond substituents is 1. The van der Waals surface area contributed by atoms with Gasteiger partial charge in [-0.05, 0) is 68.1 Å². The number of amides is 1. The SMILES string of the molecule is CCCCc1n[nH]c2cc(O)c(C(=O)N3Cc4ccc(OCCN5CCCCC5)cc4C3)cc12. The fourth-order valence-electron chi connectivity index (χ4n) is 5.06. The molecule has 0 saturated carbocycles. The van der Waals surface area contributed by atoms with Crippen LogP contribution in [-0.4, -0.2) is 57.3 Å². The van der Waals surface area contributed by atoms with Crippen molar-refractivity contribution in [2.24, 2.45) is 0 Å². The first-order valence-electron chi connectivity index (χ1n) is 12.6. The normalized spacial score (nSPS) is 16.2. The smallest absolute Gasteiger partial charge is 0.258 e. The van der Waals surface area contributed by atoms with E-state index >= 15 is 0 Å². The van der Waals surface area contributed by atoms with Crippen molar-refractivity contribution in [1.82, 2.24) is 20.0 Å². The second-order valence-electron chi connectivity index (χ2n) is 9.53. The summed E-state index contributed by atoms with van der Waals surface area (Å²) in [5.41, 5.74) is 4.27. The van der Waals surface area contributed by atoms with E-state index in [1.807, 2.05) is 6.07 Å². The van der Waals surface area contributed by atoms with E-state index in [0.29, 0.717) is 25.3 Å². The molecule has 34 heavy (non-hydrogen) atoms. The Hall–Kier alpha value is -3.06. The van der Waals surface area contributed by atoms with Crippen LogP contribution in [0.1, 0.15) is 66.2 Å². The summed E-state index contributed by atoms with van der Waals surface area (Å²) in [6.07, 6.45) is 6.87. The van der Waals surface area contributed by atoms with Gasteiger partial charge in [0.05, 0.1) is 16.8 Å². The fourth-order valence-corrected chi connectivity index (χ4v) is 5.06. The number of aromatic amines is 1. The molecular weight excluding hydrogens is 428 g/mol. The monoisotopic (exact) mass is 462 g/mol. The van der Waals surface area contributed by atoms with Crippen LogP contribution in [0.4, 0.5) is 0 Å². The molecule has 2 aliphatic rings. The maximum Gasteiger partial charge on any atom is 0.258 e. The molecule has 0 aliphatic carbocycles. The first-order chi connectivity index (χ1) is 16.6. The Balaban J connectivity index is 1.25. The Morgan fingerprint density at radius 1 is 1.12 bits per heavy atom. The summed E-state index contributed by atoms with van der Waals surface area (Å²) in [5.74, 6) is 0.681. The zero-order chi connectivity index (χ0) is 23.5. The molecule has 3 aromatic rings. The number of nitrogens with one attached hydrogen (secondary N) is 1. The van der Waals surface area contributed by atoms with Crippen LogP contribution in [0.5, 0.6) is 11.5 Å². The number of carbonyl (C=O) groups excluding carboxylic acids is 1. The third-order valence-corrected chi connectivity index (χ3v) is 7.07. The summed E-state index contributed by atoms with van der Waals surface area (Å²) in [6.45, 7) is 7.17. The number of likely N-dealkylation sites (tertiary alicyclic amines) is 1.